The highest BCUT2D eigenvalue weighted by Gasteiger charge is 2.19. The number of aliphatic hydroxyl groups is 1. The van der Waals surface area contributed by atoms with Crippen LogP contribution < -0.4 is 0 Å². The summed E-state index contributed by atoms with van der Waals surface area (Å²) in [6, 6.07) is 11.4. The Morgan fingerprint density at radius 2 is 1.91 bits per heavy atom. The van der Waals surface area contributed by atoms with Gasteiger partial charge >= 0.3 is 0 Å². The van der Waals surface area contributed by atoms with Crippen LogP contribution in [0.3, 0.4) is 0 Å². The standard InChI is InChI=1S/C16H11FN2O4/c17-12-6-4-10(5-7-12)16-14(9-20)15(18-23-16)11-2-1-3-13(8-11)19(21)22/h1-8,20H,9H2. The average molecular weight is 314 g/mol. The highest BCUT2D eigenvalue weighted by molar-refractivity contribution is 5.73. The molecule has 0 amide bonds. The molecule has 2 aromatic carbocycles. The minimum atomic E-state index is -0.511. The van der Waals surface area contributed by atoms with Crippen LogP contribution in [0.25, 0.3) is 22.6 Å². The van der Waals surface area contributed by atoms with Gasteiger partial charge in [0.05, 0.1) is 17.1 Å². The van der Waals surface area contributed by atoms with E-state index in [9.17, 15) is 19.6 Å². The third-order valence-electron chi connectivity index (χ3n) is 3.38. The molecular weight excluding hydrogens is 303 g/mol. The number of halogens is 1. The van der Waals surface area contributed by atoms with Crippen LogP contribution in [-0.2, 0) is 6.61 Å². The largest absolute Gasteiger partial charge is 0.391 e. The van der Waals surface area contributed by atoms with Crippen LogP contribution in [0.5, 0.6) is 0 Å². The van der Waals surface area contributed by atoms with E-state index in [1.165, 1.54) is 42.5 Å². The molecule has 0 aliphatic carbocycles. The van der Waals surface area contributed by atoms with Gasteiger partial charge in [0, 0.05) is 23.3 Å². The second-order valence-electron chi connectivity index (χ2n) is 4.81. The molecule has 116 valence electrons. The maximum absolute atomic E-state index is 13.0. The predicted octanol–water partition coefficient (Wildman–Crippen LogP) is 3.55. The zero-order chi connectivity index (χ0) is 16.4. The minimum Gasteiger partial charge on any atom is -0.391 e. The zero-order valence-corrected chi connectivity index (χ0v) is 11.8. The molecule has 0 aliphatic heterocycles. The molecular formula is C16H11FN2O4. The summed E-state index contributed by atoms with van der Waals surface area (Å²) in [4.78, 5) is 10.4. The van der Waals surface area contributed by atoms with Crippen LogP contribution >= 0.6 is 0 Å². The molecule has 0 spiro atoms. The fraction of sp³-hybridized carbons (Fsp3) is 0.0625. The molecule has 0 unspecified atom stereocenters. The Bertz CT molecular complexity index is 859. The molecule has 0 aliphatic rings. The van der Waals surface area contributed by atoms with Crippen molar-refractivity contribution in [2.75, 3.05) is 0 Å². The van der Waals surface area contributed by atoms with E-state index in [1.807, 2.05) is 0 Å². The number of aromatic nitrogens is 1. The number of nitro benzene ring substituents is 1. The molecule has 0 fully saturated rings. The van der Waals surface area contributed by atoms with Crippen molar-refractivity contribution in [3.63, 3.8) is 0 Å². The molecule has 3 aromatic rings. The van der Waals surface area contributed by atoms with Crippen molar-refractivity contribution < 1.29 is 18.9 Å². The van der Waals surface area contributed by atoms with Crippen LogP contribution in [0, 0.1) is 15.9 Å². The van der Waals surface area contributed by atoms with Gasteiger partial charge in [0.2, 0.25) is 0 Å². The van der Waals surface area contributed by atoms with E-state index in [2.05, 4.69) is 5.16 Å². The normalized spacial score (nSPS) is 10.7. The van der Waals surface area contributed by atoms with Gasteiger partial charge in [0.15, 0.2) is 5.76 Å². The number of non-ortho nitro benzene ring substituents is 1. The molecule has 3 rings (SSSR count). The Labute approximate surface area is 129 Å². The molecule has 0 bridgehead atoms. The highest BCUT2D eigenvalue weighted by Crippen LogP contribution is 2.33. The van der Waals surface area contributed by atoms with Crippen LogP contribution in [0.15, 0.2) is 53.1 Å². The second-order valence-corrected chi connectivity index (χ2v) is 4.81. The highest BCUT2D eigenvalue weighted by atomic mass is 19.1. The maximum Gasteiger partial charge on any atom is 0.270 e. The number of nitro groups is 1. The van der Waals surface area contributed by atoms with Gasteiger partial charge in [-0.15, -0.1) is 0 Å². The van der Waals surface area contributed by atoms with Crippen molar-refractivity contribution in [2.45, 2.75) is 6.61 Å². The third kappa shape index (κ3) is 2.82. The Morgan fingerprint density at radius 1 is 1.17 bits per heavy atom. The first-order valence-electron chi connectivity index (χ1n) is 6.70. The van der Waals surface area contributed by atoms with E-state index >= 15 is 0 Å². The van der Waals surface area contributed by atoms with Gasteiger partial charge in [0.1, 0.15) is 11.5 Å². The predicted molar refractivity (Wildman–Crippen MR) is 79.9 cm³/mol. The number of nitrogens with zero attached hydrogens (tertiary/aromatic N) is 2. The SMILES string of the molecule is O=[N+]([O-])c1cccc(-c2noc(-c3ccc(F)cc3)c2CO)c1. The van der Waals surface area contributed by atoms with E-state index in [0.29, 0.717) is 28.1 Å². The second kappa shape index (κ2) is 5.98. The lowest BCUT2D eigenvalue weighted by Gasteiger charge is -2.01. The summed E-state index contributed by atoms with van der Waals surface area (Å²) < 4.78 is 18.3. The lowest BCUT2D eigenvalue weighted by molar-refractivity contribution is -0.384. The fourth-order valence-electron chi connectivity index (χ4n) is 2.28. The number of hydrogen-bond acceptors (Lipinski definition) is 5. The van der Waals surface area contributed by atoms with Crippen molar-refractivity contribution in [2.24, 2.45) is 0 Å². The maximum atomic E-state index is 13.0. The van der Waals surface area contributed by atoms with Gasteiger partial charge in [-0.25, -0.2) is 4.39 Å². The lowest BCUT2D eigenvalue weighted by Crippen LogP contribution is -1.91. The summed E-state index contributed by atoms with van der Waals surface area (Å²) in [7, 11) is 0. The van der Waals surface area contributed by atoms with Gasteiger partial charge in [-0.1, -0.05) is 17.3 Å². The van der Waals surface area contributed by atoms with E-state index in [4.69, 9.17) is 4.52 Å². The van der Waals surface area contributed by atoms with Gasteiger partial charge in [-0.3, -0.25) is 10.1 Å². The van der Waals surface area contributed by atoms with Gasteiger partial charge in [-0.2, -0.15) is 0 Å². The van der Waals surface area contributed by atoms with Crippen LogP contribution in [0.4, 0.5) is 10.1 Å². The van der Waals surface area contributed by atoms with Crippen molar-refractivity contribution >= 4 is 5.69 Å². The Kier molecular flexibility index (Phi) is 3.86. The van der Waals surface area contributed by atoms with Crippen molar-refractivity contribution in [3.8, 4) is 22.6 Å². The smallest absolute Gasteiger partial charge is 0.270 e. The van der Waals surface area contributed by atoms with Crippen LogP contribution in [0.2, 0.25) is 0 Å². The first-order valence-corrected chi connectivity index (χ1v) is 6.70. The molecule has 0 radical (unpaired) electrons. The zero-order valence-electron chi connectivity index (χ0n) is 11.8. The van der Waals surface area contributed by atoms with Gasteiger partial charge < -0.3 is 9.63 Å². The van der Waals surface area contributed by atoms with Crippen LogP contribution in [-0.4, -0.2) is 15.2 Å². The Morgan fingerprint density at radius 3 is 2.57 bits per heavy atom. The van der Waals surface area contributed by atoms with Crippen molar-refractivity contribution in [1.82, 2.24) is 5.16 Å². The first kappa shape index (κ1) is 14.9. The molecule has 1 heterocycles. The number of hydrogen-bond donors (Lipinski definition) is 1. The first-order chi connectivity index (χ1) is 11.1. The quantitative estimate of drug-likeness (QED) is 0.587. The number of rotatable bonds is 4. The van der Waals surface area contributed by atoms with Gasteiger partial charge in [0.25, 0.3) is 5.69 Å². The van der Waals surface area contributed by atoms with Gasteiger partial charge in [-0.05, 0) is 24.3 Å². The van der Waals surface area contributed by atoms with E-state index < -0.39 is 10.7 Å². The summed E-state index contributed by atoms with van der Waals surface area (Å²) in [5, 5.41) is 24.4. The van der Waals surface area contributed by atoms with Crippen molar-refractivity contribution in [1.29, 1.82) is 0 Å². The summed E-state index contributed by atoms with van der Waals surface area (Å²) in [5.74, 6) is -0.0910. The summed E-state index contributed by atoms with van der Waals surface area (Å²) in [6.07, 6.45) is 0. The topological polar surface area (TPSA) is 89.4 Å². The molecule has 1 aromatic heterocycles. The summed E-state index contributed by atoms with van der Waals surface area (Å²) in [6.45, 7) is -0.367. The van der Waals surface area contributed by atoms with Crippen molar-refractivity contribution in [3.05, 3.63) is 70.0 Å². The summed E-state index contributed by atoms with van der Waals surface area (Å²) >= 11 is 0. The molecule has 0 atom stereocenters. The molecule has 6 nitrogen and oxygen atoms in total. The van der Waals surface area contributed by atoms with Crippen LogP contribution in [0.1, 0.15) is 5.56 Å². The molecule has 0 saturated heterocycles. The van der Waals surface area contributed by atoms with E-state index in [0.717, 1.165) is 0 Å². The Balaban J connectivity index is 2.10. The third-order valence-corrected chi connectivity index (χ3v) is 3.38. The Hall–Kier alpha value is -3.06. The minimum absolute atomic E-state index is 0.0854. The summed E-state index contributed by atoms with van der Waals surface area (Å²) in [5.41, 5.74) is 1.63. The van der Waals surface area contributed by atoms with E-state index in [-0.39, 0.29) is 12.3 Å². The monoisotopic (exact) mass is 314 g/mol. The number of benzene rings is 2. The molecule has 0 saturated carbocycles. The van der Waals surface area contributed by atoms with E-state index in [1.54, 1.807) is 6.07 Å². The molecule has 1 N–H and O–H groups in total. The average Bonchev–Trinajstić information content (AvgIpc) is 2.99. The molecule has 23 heavy (non-hydrogen) atoms. The fourth-order valence-corrected chi connectivity index (χ4v) is 2.28. The molecule has 7 heteroatoms. The number of aliphatic hydroxyl groups excluding tert-OH is 1. The lowest BCUT2D eigenvalue weighted by atomic mass is 10.0.